The predicted molar refractivity (Wildman–Crippen MR) is 108 cm³/mol. The first-order valence-electron chi connectivity index (χ1n) is 9.86. The van der Waals surface area contributed by atoms with Crippen LogP contribution < -0.4 is 4.74 Å². The molecule has 0 aliphatic heterocycles. The Kier molecular flexibility index (Phi) is 2.83. The summed E-state index contributed by atoms with van der Waals surface area (Å²) < 4.78 is 7.53. The topological polar surface area (TPSA) is 68.1 Å². The zero-order valence-electron chi connectivity index (χ0n) is 16.6. The Labute approximate surface area is 163 Å². The molecular formula is C22H23N5O. The molecule has 3 heterocycles. The summed E-state index contributed by atoms with van der Waals surface area (Å²) in [6.45, 7) is 7.14. The van der Waals surface area contributed by atoms with Gasteiger partial charge in [-0.2, -0.15) is 0 Å². The Bertz CT molecular complexity index is 1270. The predicted octanol–water partition coefficient (Wildman–Crippen LogP) is 4.46. The lowest BCUT2D eigenvalue weighted by Crippen LogP contribution is -2.32. The third-order valence-corrected chi connectivity index (χ3v) is 7.66. The van der Waals surface area contributed by atoms with Gasteiger partial charge in [0.2, 0.25) is 0 Å². The van der Waals surface area contributed by atoms with Crippen LogP contribution in [0.25, 0.3) is 27.9 Å². The zero-order chi connectivity index (χ0) is 19.3. The Morgan fingerprint density at radius 1 is 1.21 bits per heavy atom. The van der Waals surface area contributed by atoms with Gasteiger partial charge in [-0.1, -0.05) is 20.8 Å². The number of imidazole rings is 1. The number of fused-ring (bicyclic) bond motifs is 8. The van der Waals surface area contributed by atoms with Gasteiger partial charge in [0.05, 0.1) is 24.2 Å². The van der Waals surface area contributed by atoms with Gasteiger partial charge in [-0.25, -0.2) is 4.98 Å². The summed E-state index contributed by atoms with van der Waals surface area (Å²) in [6.07, 6.45) is 6.54. The van der Waals surface area contributed by atoms with Gasteiger partial charge in [0.25, 0.3) is 5.78 Å². The molecule has 1 N–H and O–H groups in total. The summed E-state index contributed by atoms with van der Waals surface area (Å²) in [5.74, 6) is 2.00. The van der Waals surface area contributed by atoms with Crippen LogP contribution in [0.15, 0.2) is 30.6 Å². The first kappa shape index (κ1) is 16.1. The first-order chi connectivity index (χ1) is 13.4. The molecule has 2 unspecified atom stereocenters. The molecule has 0 saturated heterocycles. The minimum atomic E-state index is 0.104. The van der Waals surface area contributed by atoms with Crippen LogP contribution in [0.1, 0.15) is 50.9 Å². The molecule has 1 aromatic carbocycles. The number of nitrogens with one attached hydrogen (secondary N) is 1. The van der Waals surface area contributed by atoms with E-state index in [1.54, 1.807) is 7.11 Å². The summed E-state index contributed by atoms with van der Waals surface area (Å²) in [5, 5.41) is 10.2. The molecule has 6 rings (SSSR count). The third-order valence-electron chi connectivity index (χ3n) is 7.66. The summed E-state index contributed by atoms with van der Waals surface area (Å²) in [7, 11) is 1.68. The molecule has 2 aliphatic carbocycles. The third kappa shape index (κ3) is 1.72. The van der Waals surface area contributed by atoms with Gasteiger partial charge in [0.1, 0.15) is 5.75 Å². The van der Waals surface area contributed by atoms with E-state index in [4.69, 9.17) is 9.72 Å². The van der Waals surface area contributed by atoms with Gasteiger partial charge < -0.3 is 9.72 Å². The van der Waals surface area contributed by atoms with Crippen LogP contribution in [0.3, 0.4) is 0 Å². The number of rotatable bonds is 2. The van der Waals surface area contributed by atoms with E-state index in [2.05, 4.69) is 52.6 Å². The molecule has 6 nitrogen and oxygen atoms in total. The fourth-order valence-corrected chi connectivity index (χ4v) is 5.63. The second kappa shape index (κ2) is 4.93. The average Bonchev–Trinajstić information content (AvgIpc) is 3.38. The number of nitrogens with zero attached hydrogens (tertiary/aromatic N) is 4. The van der Waals surface area contributed by atoms with E-state index < -0.39 is 0 Å². The van der Waals surface area contributed by atoms with E-state index in [0.29, 0.717) is 11.7 Å². The molecular weight excluding hydrogens is 350 g/mol. The van der Waals surface area contributed by atoms with Crippen molar-refractivity contribution < 1.29 is 4.74 Å². The molecule has 0 spiro atoms. The van der Waals surface area contributed by atoms with Gasteiger partial charge in [0.15, 0.2) is 0 Å². The van der Waals surface area contributed by atoms with Crippen LogP contribution >= 0.6 is 0 Å². The van der Waals surface area contributed by atoms with Crippen molar-refractivity contribution in [2.75, 3.05) is 7.11 Å². The number of hydrogen-bond donors (Lipinski definition) is 1. The van der Waals surface area contributed by atoms with Crippen LogP contribution in [0.4, 0.5) is 0 Å². The molecule has 1 saturated carbocycles. The summed E-state index contributed by atoms with van der Waals surface area (Å²) in [6, 6.07) is 6.07. The standard InChI is InChI=1S/C22H23N5O/c1-21(2)15-7-8-22(21,3)19-18(15)25-26-20-24-17(11-27(19)20)14-10-23-16-9-12(28-4)5-6-13(14)16/h5-6,9-11,15,23H,7-8H2,1-4H3. The molecule has 2 atom stereocenters. The lowest BCUT2D eigenvalue weighted by atomic mass is 9.70. The Morgan fingerprint density at radius 3 is 2.89 bits per heavy atom. The molecule has 6 heteroatoms. The Hall–Kier alpha value is -2.89. The number of benzene rings is 1. The molecule has 142 valence electrons. The van der Waals surface area contributed by atoms with Crippen molar-refractivity contribution in [1.29, 1.82) is 0 Å². The van der Waals surface area contributed by atoms with Crippen molar-refractivity contribution in [3.63, 3.8) is 0 Å². The highest BCUT2D eigenvalue weighted by molar-refractivity contribution is 5.95. The highest BCUT2D eigenvalue weighted by Crippen LogP contribution is 2.66. The fourth-order valence-electron chi connectivity index (χ4n) is 5.63. The molecule has 1 fully saturated rings. The van der Waals surface area contributed by atoms with Crippen molar-refractivity contribution >= 4 is 16.7 Å². The molecule has 28 heavy (non-hydrogen) atoms. The first-order valence-corrected chi connectivity index (χ1v) is 9.86. The zero-order valence-corrected chi connectivity index (χ0v) is 16.6. The average molecular weight is 373 g/mol. The van der Waals surface area contributed by atoms with E-state index in [-0.39, 0.29) is 10.8 Å². The maximum atomic E-state index is 5.34. The Balaban J connectivity index is 1.57. The summed E-state index contributed by atoms with van der Waals surface area (Å²) >= 11 is 0. The van der Waals surface area contributed by atoms with Gasteiger partial charge in [0, 0.05) is 46.3 Å². The van der Waals surface area contributed by atoms with Crippen molar-refractivity contribution in [2.24, 2.45) is 5.41 Å². The van der Waals surface area contributed by atoms with Crippen molar-refractivity contribution in [1.82, 2.24) is 24.6 Å². The second-order valence-electron chi connectivity index (χ2n) is 8.99. The normalized spacial score (nSPS) is 24.9. The molecule has 0 radical (unpaired) electrons. The highest BCUT2D eigenvalue weighted by Gasteiger charge is 2.61. The number of ether oxygens (including phenoxy) is 1. The maximum absolute atomic E-state index is 5.34. The van der Waals surface area contributed by atoms with Crippen LogP contribution in [0, 0.1) is 5.41 Å². The SMILES string of the molecule is COc1ccc2c(-c3cn4c5c(nnc4n3)C3CCC5(C)C3(C)C)c[nH]c2c1. The van der Waals surface area contributed by atoms with E-state index in [9.17, 15) is 0 Å². The minimum absolute atomic E-state index is 0.104. The van der Waals surface area contributed by atoms with Gasteiger partial charge in [-0.3, -0.25) is 4.40 Å². The second-order valence-corrected chi connectivity index (χ2v) is 8.99. The van der Waals surface area contributed by atoms with Crippen LogP contribution in [-0.2, 0) is 5.41 Å². The molecule has 2 bridgehead atoms. The van der Waals surface area contributed by atoms with E-state index in [0.717, 1.165) is 27.9 Å². The molecule has 2 aliphatic rings. The smallest absolute Gasteiger partial charge is 0.254 e. The Morgan fingerprint density at radius 2 is 2.07 bits per heavy atom. The van der Waals surface area contributed by atoms with Gasteiger partial charge in [-0.15, -0.1) is 10.2 Å². The van der Waals surface area contributed by atoms with Crippen LogP contribution in [0.5, 0.6) is 5.75 Å². The van der Waals surface area contributed by atoms with Crippen molar-refractivity contribution in [3.8, 4) is 17.0 Å². The number of H-pyrrole nitrogens is 1. The van der Waals surface area contributed by atoms with Crippen LogP contribution in [-0.4, -0.2) is 31.7 Å². The monoisotopic (exact) mass is 373 g/mol. The number of methoxy groups -OCH3 is 1. The number of aromatic nitrogens is 5. The largest absolute Gasteiger partial charge is 0.497 e. The molecule has 3 aromatic heterocycles. The van der Waals surface area contributed by atoms with E-state index in [1.165, 1.54) is 24.2 Å². The maximum Gasteiger partial charge on any atom is 0.254 e. The number of hydrogen-bond acceptors (Lipinski definition) is 4. The van der Waals surface area contributed by atoms with Crippen LogP contribution in [0.2, 0.25) is 0 Å². The summed E-state index contributed by atoms with van der Waals surface area (Å²) in [5.41, 5.74) is 5.80. The minimum Gasteiger partial charge on any atom is -0.497 e. The van der Waals surface area contributed by atoms with Gasteiger partial charge >= 0.3 is 0 Å². The quantitative estimate of drug-likeness (QED) is 0.563. The van der Waals surface area contributed by atoms with E-state index in [1.807, 2.05) is 18.3 Å². The highest BCUT2D eigenvalue weighted by atomic mass is 16.5. The van der Waals surface area contributed by atoms with Gasteiger partial charge in [-0.05, 0) is 30.4 Å². The van der Waals surface area contributed by atoms with Crippen molar-refractivity contribution in [3.05, 3.63) is 42.0 Å². The molecule has 4 aromatic rings. The lowest BCUT2D eigenvalue weighted by Gasteiger charge is -2.34. The number of aromatic amines is 1. The van der Waals surface area contributed by atoms with Crippen molar-refractivity contribution in [2.45, 2.75) is 44.9 Å². The van der Waals surface area contributed by atoms with E-state index >= 15 is 0 Å². The fraction of sp³-hybridized carbons (Fsp3) is 0.409. The summed E-state index contributed by atoms with van der Waals surface area (Å²) in [4.78, 5) is 8.17. The lowest BCUT2D eigenvalue weighted by molar-refractivity contribution is 0.225. The molecule has 0 amide bonds.